The maximum absolute atomic E-state index is 12.4. The molecule has 0 amide bonds. The Bertz CT molecular complexity index is 328. The molecule has 2 rings (SSSR count). The predicted molar refractivity (Wildman–Crippen MR) is 55.9 cm³/mol. The molecule has 2 saturated carbocycles. The molecule has 1 atom stereocenters. The van der Waals surface area contributed by atoms with Crippen LogP contribution in [0.1, 0.15) is 25.7 Å². The van der Waals surface area contributed by atoms with Gasteiger partial charge >= 0.3 is 6.18 Å². The van der Waals surface area contributed by atoms with Gasteiger partial charge in [0.25, 0.3) is 0 Å². The van der Waals surface area contributed by atoms with Crippen molar-refractivity contribution in [3.05, 3.63) is 0 Å². The van der Waals surface area contributed by atoms with Crippen LogP contribution in [0.2, 0.25) is 0 Å². The number of nitrogens with zero attached hydrogens (tertiary/aromatic N) is 2. The summed E-state index contributed by atoms with van der Waals surface area (Å²) in [5, 5.41) is 9.06. The number of rotatable bonds is 5. The molecule has 0 spiro atoms. The average Bonchev–Trinajstić information content (AvgIpc) is 3.00. The zero-order valence-corrected chi connectivity index (χ0v) is 9.50. The predicted octanol–water partition coefficient (Wildman–Crippen LogP) is 1.64. The van der Waals surface area contributed by atoms with Crippen LogP contribution in [0.25, 0.3) is 0 Å². The van der Waals surface area contributed by atoms with Crippen LogP contribution in [0.3, 0.4) is 0 Å². The third-order valence-corrected chi connectivity index (χ3v) is 3.42. The molecule has 0 aromatic heterocycles. The van der Waals surface area contributed by atoms with Gasteiger partial charge in [0.05, 0.1) is 12.6 Å². The van der Waals surface area contributed by atoms with E-state index in [4.69, 9.17) is 11.0 Å². The number of hydrogen-bond donors (Lipinski definition) is 1. The first kappa shape index (κ1) is 12.7. The zero-order valence-electron chi connectivity index (χ0n) is 9.50. The topological polar surface area (TPSA) is 53.1 Å². The van der Waals surface area contributed by atoms with Gasteiger partial charge in [-0.2, -0.15) is 18.4 Å². The third-order valence-electron chi connectivity index (χ3n) is 3.42. The van der Waals surface area contributed by atoms with E-state index in [-0.39, 0.29) is 18.5 Å². The lowest BCUT2D eigenvalue weighted by molar-refractivity contribution is -0.148. The Morgan fingerprint density at radius 2 is 1.76 bits per heavy atom. The van der Waals surface area contributed by atoms with Gasteiger partial charge in [-0.1, -0.05) is 0 Å². The van der Waals surface area contributed by atoms with Crippen molar-refractivity contribution in [2.24, 2.45) is 11.7 Å². The summed E-state index contributed by atoms with van der Waals surface area (Å²) in [7, 11) is 0. The van der Waals surface area contributed by atoms with E-state index in [2.05, 4.69) is 0 Å². The molecule has 17 heavy (non-hydrogen) atoms. The van der Waals surface area contributed by atoms with E-state index < -0.39 is 18.3 Å². The molecule has 2 fully saturated rings. The highest BCUT2D eigenvalue weighted by atomic mass is 19.4. The smallest absolute Gasteiger partial charge is 0.312 e. The Kier molecular flexibility index (Phi) is 3.08. The molecular weight excluding hydrogens is 231 g/mol. The van der Waals surface area contributed by atoms with E-state index in [0.717, 1.165) is 25.7 Å². The quantitative estimate of drug-likeness (QED) is 0.803. The molecule has 6 heteroatoms. The molecule has 2 aliphatic rings. The second-order valence-electron chi connectivity index (χ2n) is 5.18. The van der Waals surface area contributed by atoms with Gasteiger partial charge in [-0.15, -0.1) is 0 Å². The van der Waals surface area contributed by atoms with Crippen molar-refractivity contribution in [1.82, 2.24) is 4.90 Å². The molecule has 0 aliphatic heterocycles. The summed E-state index contributed by atoms with van der Waals surface area (Å²) in [6.45, 7) is -0.913. The van der Waals surface area contributed by atoms with Crippen molar-refractivity contribution in [3.8, 4) is 6.07 Å². The van der Waals surface area contributed by atoms with E-state index in [9.17, 15) is 13.2 Å². The maximum atomic E-state index is 12.4. The molecule has 1 unspecified atom stereocenters. The number of nitrogens with two attached hydrogens (primary N) is 1. The second-order valence-corrected chi connectivity index (χ2v) is 5.18. The Balaban J connectivity index is 1.99. The third kappa shape index (κ3) is 3.33. The molecule has 0 saturated heterocycles. The standard InChI is InChI=1S/C11H16F3N3/c12-11(13,14)7-17(9-3-4-9)6-10(16,5-15)8-1-2-8/h8-9H,1-4,6-7,16H2. The van der Waals surface area contributed by atoms with E-state index in [1.165, 1.54) is 4.90 Å². The molecule has 0 radical (unpaired) electrons. The number of halogens is 3. The largest absolute Gasteiger partial charge is 0.401 e. The summed E-state index contributed by atoms with van der Waals surface area (Å²) in [6.07, 6.45) is -0.948. The highest BCUT2D eigenvalue weighted by Gasteiger charge is 2.47. The first-order chi connectivity index (χ1) is 7.84. The van der Waals surface area contributed by atoms with Crippen LogP contribution in [0.15, 0.2) is 0 Å². The Morgan fingerprint density at radius 1 is 1.18 bits per heavy atom. The molecule has 3 nitrogen and oxygen atoms in total. The van der Waals surface area contributed by atoms with Gasteiger partial charge in [0.1, 0.15) is 5.54 Å². The monoisotopic (exact) mass is 247 g/mol. The van der Waals surface area contributed by atoms with Gasteiger partial charge in [0.15, 0.2) is 0 Å². The van der Waals surface area contributed by atoms with Crippen molar-refractivity contribution < 1.29 is 13.2 Å². The van der Waals surface area contributed by atoms with Crippen molar-refractivity contribution in [3.63, 3.8) is 0 Å². The fourth-order valence-corrected chi connectivity index (χ4v) is 2.17. The SMILES string of the molecule is N#CC(N)(CN(CC(F)(F)F)C1CC1)C1CC1. The molecule has 96 valence electrons. The van der Waals surface area contributed by atoms with Crippen LogP contribution in [-0.4, -0.2) is 35.7 Å². The van der Waals surface area contributed by atoms with Gasteiger partial charge in [0, 0.05) is 12.6 Å². The van der Waals surface area contributed by atoms with Crippen molar-refractivity contribution >= 4 is 0 Å². The van der Waals surface area contributed by atoms with Crippen LogP contribution in [0.5, 0.6) is 0 Å². The molecule has 2 aliphatic carbocycles. The summed E-state index contributed by atoms with van der Waals surface area (Å²) in [6, 6.07) is 1.97. The van der Waals surface area contributed by atoms with Gasteiger partial charge in [-0.05, 0) is 31.6 Å². The highest BCUT2D eigenvalue weighted by Crippen LogP contribution is 2.40. The minimum atomic E-state index is -4.22. The Hall–Kier alpha value is -0.800. The lowest BCUT2D eigenvalue weighted by Crippen LogP contribution is -2.53. The first-order valence-electron chi connectivity index (χ1n) is 5.85. The highest BCUT2D eigenvalue weighted by molar-refractivity contribution is 5.15. The molecule has 0 aromatic rings. The number of nitriles is 1. The Morgan fingerprint density at radius 3 is 2.12 bits per heavy atom. The van der Waals surface area contributed by atoms with Crippen LogP contribution >= 0.6 is 0 Å². The average molecular weight is 247 g/mol. The zero-order chi connectivity index (χ0) is 12.7. The van der Waals surface area contributed by atoms with Crippen LogP contribution in [0.4, 0.5) is 13.2 Å². The maximum Gasteiger partial charge on any atom is 0.401 e. The van der Waals surface area contributed by atoms with Gasteiger partial charge < -0.3 is 5.73 Å². The minimum absolute atomic E-state index is 0.0355. The number of hydrogen-bond acceptors (Lipinski definition) is 3. The minimum Gasteiger partial charge on any atom is -0.312 e. The molecule has 0 aromatic carbocycles. The van der Waals surface area contributed by atoms with E-state index in [0.29, 0.717) is 0 Å². The summed E-state index contributed by atoms with van der Waals surface area (Å²) < 4.78 is 37.3. The molecule has 2 N–H and O–H groups in total. The normalized spacial score (nSPS) is 24.5. The fourth-order valence-electron chi connectivity index (χ4n) is 2.17. The summed E-state index contributed by atoms with van der Waals surface area (Å²) in [4.78, 5) is 1.33. The van der Waals surface area contributed by atoms with Crippen LogP contribution in [0, 0.1) is 17.2 Å². The summed E-state index contributed by atoms with van der Waals surface area (Å²) >= 11 is 0. The van der Waals surface area contributed by atoms with E-state index in [1.54, 1.807) is 0 Å². The van der Waals surface area contributed by atoms with Crippen LogP contribution < -0.4 is 5.73 Å². The number of alkyl halides is 3. The van der Waals surface area contributed by atoms with Gasteiger partial charge in [-0.3, -0.25) is 4.90 Å². The second kappa shape index (κ2) is 4.14. The Labute approximate surface area is 98.4 Å². The fraction of sp³-hybridized carbons (Fsp3) is 0.909. The van der Waals surface area contributed by atoms with Gasteiger partial charge in [-0.25, -0.2) is 0 Å². The summed E-state index contributed by atoms with van der Waals surface area (Å²) in [5.41, 5.74) is 4.81. The molecule has 0 heterocycles. The van der Waals surface area contributed by atoms with Crippen molar-refractivity contribution in [1.29, 1.82) is 5.26 Å². The lowest BCUT2D eigenvalue weighted by Gasteiger charge is -2.31. The lowest BCUT2D eigenvalue weighted by atomic mass is 9.95. The van der Waals surface area contributed by atoms with Gasteiger partial charge in [0.2, 0.25) is 0 Å². The summed E-state index contributed by atoms with van der Waals surface area (Å²) in [5.74, 6) is 0.0713. The van der Waals surface area contributed by atoms with Crippen molar-refractivity contribution in [2.75, 3.05) is 13.1 Å². The van der Waals surface area contributed by atoms with Crippen LogP contribution in [-0.2, 0) is 0 Å². The first-order valence-corrected chi connectivity index (χ1v) is 5.85. The van der Waals surface area contributed by atoms with E-state index >= 15 is 0 Å². The molecular formula is C11H16F3N3. The van der Waals surface area contributed by atoms with E-state index in [1.807, 2.05) is 6.07 Å². The van der Waals surface area contributed by atoms with Crippen molar-refractivity contribution in [2.45, 2.75) is 43.4 Å². The molecule has 0 bridgehead atoms.